The summed E-state index contributed by atoms with van der Waals surface area (Å²) in [6, 6.07) is 3.81. The van der Waals surface area contributed by atoms with E-state index in [1.54, 1.807) is 13.8 Å². The Bertz CT molecular complexity index is 1110. The van der Waals surface area contributed by atoms with Crippen molar-refractivity contribution in [3.8, 4) is 17.5 Å². The highest BCUT2D eigenvalue weighted by atomic mass is 32.2. The van der Waals surface area contributed by atoms with E-state index in [0.717, 1.165) is 38.0 Å². The molecule has 2 saturated heterocycles. The molecule has 2 aromatic rings. The average Bonchev–Trinajstić information content (AvgIpc) is 2.97. The van der Waals surface area contributed by atoms with Crippen molar-refractivity contribution >= 4 is 15.7 Å². The molecule has 0 aliphatic carbocycles. The average molecular weight is 450 g/mol. The number of aromatic nitrogens is 2. The molecular formula is C21H24FN3O5S. The van der Waals surface area contributed by atoms with Crippen molar-refractivity contribution in [3.63, 3.8) is 0 Å². The van der Waals surface area contributed by atoms with Gasteiger partial charge in [0.25, 0.3) is 0 Å². The van der Waals surface area contributed by atoms with E-state index < -0.39 is 15.7 Å². The van der Waals surface area contributed by atoms with Crippen molar-refractivity contribution in [2.24, 2.45) is 0 Å². The van der Waals surface area contributed by atoms with Gasteiger partial charge < -0.3 is 14.4 Å². The van der Waals surface area contributed by atoms with Crippen LogP contribution in [-0.2, 0) is 14.6 Å². The third-order valence-corrected chi connectivity index (χ3v) is 6.97. The van der Waals surface area contributed by atoms with Gasteiger partial charge in [0.2, 0.25) is 17.7 Å². The van der Waals surface area contributed by atoms with E-state index in [2.05, 4.69) is 9.97 Å². The van der Waals surface area contributed by atoms with Gasteiger partial charge in [0.05, 0.1) is 10.5 Å². The second-order valence-electron chi connectivity index (χ2n) is 8.10. The van der Waals surface area contributed by atoms with Crippen LogP contribution in [0, 0.1) is 12.7 Å². The minimum atomic E-state index is -3.53. The lowest BCUT2D eigenvalue weighted by atomic mass is 9.99. The topological polar surface area (TPSA) is 98.7 Å². The summed E-state index contributed by atoms with van der Waals surface area (Å²) in [6.07, 6.45) is 5.62. The van der Waals surface area contributed by atoms with Gasteiger partial charge in [0, 0.05) is 38.1 Å². The number of sulfone groups is 1. The molecule has 1 amide bonds. The molecule has 8 nitrogen and oxygen atoms in total. The van der Waals surface area contributed by atoms with Crippen LogP contribution in [0.25, 0.3) is 0 Å². The van der Waals surface area contributed by atoms with Crippen LogP contribution in [-0.4, -0.2) is 53.6 Å². The fourth-order valence-electron chi connectivity index (χ4n) is 4.44. The summed E-state index contributed by atoms with van der Waals surface area (Å²) in [6.45, 7) is 3.32. The Labute approximate surface area is 180 Å². The molecule has 166 valence electrons. The fourth-order valence-corrected chi connectivity index (χ4v) is 5.07. The maximum Gasteiger partial charge on any atom is 0.229 e. The Kier molecular flexibility index (Phi) is 5.59. The highest BCUT2D eigenvalue weighted by Gasteiger charge is 2.43. The molecule has 4 rings (SSSR count). The first-order valence-electron chi connectivity index (χ1n) is 10.1. The first-order valence-corrected chi connectivity index (χ1v) is 12.0. The second kappa shape index (κ2) is 8.07. The summed E-state index contributed by atoms with van der Waals surface area (Å²) in [7, 11) is -3.53. The zero-order chi connectivity index (χ0) is 22.3. The minimum absolute atomic E-state index is 0.0830. The van der Waals surface area contributed by atoms with Gasteiger partial charge in [0.15, 0.2) is 21.4 Å². The first-order chi connectivity index (χ1) is 14.6. The number of ether oxygens (including phenoxy) is 2. The van der Waals surface area contributed by atoms with Crippen molar-refractivity contribution < 1.29 is 27.1 Å². The molecule has 10 heteroatoms. The Morgan fingerprint density at radius 3 is 2.39 bits per heavy atom. The van der Waals surface area contributed by atoms with Gasteiger partial charge in [-0.3, -0.25) is 4.79 Å². The molecule has 2 fully saturated rings. The van der Waals surface area contributed by atoms with E-state index in [1.165, 1.54) is 18.5 Å². The molecule has 2 unspecified atom stereocenters. The predicted octanol–water partition coefficient (Wildman–Crippen LogP) is 3.04. The molecule has 1 aromatic heterocycles. The van der Waals surface area contributed by atoms with E-state index in [0.29, 0.717) is 11.4 Å². The lowest BCUT2D eigenvalue weighted by Gasteiger charge is -2.38. The minimum Gasteiger partial charge on any atom is -0.474 e. The van der Waals surface area contributed by atoms with Crippen LogP contribution >= 0.6 is 0 Å². The van der Waals surface area contributed by atoms with Crippen molar-refractivity contribution in [3.05, 3.63) is 35.9 Å². The standard InChI is InChI=1S/C21H24FN3O5S/c1-12-20(29-16-8-14-4-5-15(9-16)25(14)13(2)26)23-11-24-21(12)30-19-7-6-17(10-18(19)22)31(3,27)28/h6-7,10-11,14-16H,4-5,8-9H2,1-3H3/t14-,15?,16?/m0/s1. The summed E-state index contributed by atoms with van der Waals surface area (Å²) in [5, 5.41) is 0. The van der Waals surface area contributed by atoms with Crippen LogP contribution in [0.15, 0.2) is 29.4 Å². The van der Waals surface area contributed by atoms with E-state index in [9.17, 15) is 17.6 Å². The Balaban J connectivity index is 1.50. The van der Waals surface area contributed by atoms with E-state index in [1.807, 2.05) is 4.90 Å². The van der Waals surface area contributed by atoms with Gasteiger partial charge in [-0.1, -0.05) is 0 Å². The summed E-state index contributed by atoms with van der Waals surface area (Å²) in [5.74, 6) is -0.382. The van der Waals surface area contributed by atoms with Gasteiger partial charge in [-0.2, -0.15) is 0 Å². The monoisotopic (exact) mass is 449 g/mol. The number of halogens is 1. The number of benzene rings is 1. The van der Waals surface area contributed by atoms with Gasteiger partial charge in [-0.25, -0.2) is 22.8 Å². The number of fused-ring (bicyclic) bond motifs is 2. The third-order valence-electron chi connectivity index (χ3n) is 5.86. The molecule has 2 bridgehead atoms. The molecule has 31 heavy (non-hydrogen) atoms. The number of nitrogens with zero attached hydrogens (tertiary/aromatic N) is 3. The van der Waals surface area contributed by atoms with Gasteiger partial charge in [-0.15, -0.1) is 0 Å². The highest BCUT2D eigenvalue weighted by molar-refractivity contribution is 7.90. The number of amides is 1. The zero-order valence-electron chi connectivity index (χ0n) is 17.5. The van der Waals surface area contributed by atoms with Crippen LogP contribution in [0.4, 0.5) is 4.39 Å². The normalized spacial score (nSPS) is 23.0. The molecule has 2 aliphatic heterocycles. The maximum absolute atomic E-state index is 14.4. The third kappa shape index (κ3) is 4.34. The Hall–Kier alpha value is -2.75. The van der Waals surface area contributed by atoms with Crippen LogP contribution in [0.3, 0.4) is 0 Å². The molecule has 3 atom stereocenters. The quantitative estimate of drug-likeness (QED) is 0.692. The van der Waals surface area contributed by atoms with Crippen LogP contribution in [0.2, 0.25) is 0 Å². The predicted molar refractivity (Wildman–Crippen MR) is 109 cm³/mol. The van der Waals surface area contributed by atoms with Crippen LogP contribution in [0.5, 0.6) is 17.5 Å². The summed E-state index contributed by atoms with van der Waals surface area (Å²) < 4.78 is 49.3. The number of hydrogen-bond acceptors (Lipinski definition) is 7. The molecular weight excluding hydrogens is 425 g/mol. The van der Waals surface area contributed by atoms with Crippen molar-refractivity contribution in [1.82, 2.24) is 14.9 Å². The number of piperidine rings is 1. The SMILES string of the molecule is CC(=O)N1C2CC[C@H]1CC(Oc1ncnc(Oc3ccc(S(C)(=O)=O)cc3F)c1C)C2. The molecule has 0 saturated carbocycles. The molecule has 2 aliphatic rings. The largest absolute Gasteiger partial charge is 0.474 e. The number of rotatable bonds is 5. The smallest absolute Gasteiger partial charge is 0.229 e. The Morgan fingerprint density at radius 2 is 1.81 bits per heavy atom. The lowest BCUT2D eigenvalue weighted by molar-refractivity contribution is -0.134. The van der Waals surface area contributed by atoms with Crippen LogP contribution < -0.4 is 9.47 Å². The number of carbonyl (C=O) groups is 1. The first kappa shape index (κ1) is 21.5. The summed E-state index contributed by atoms with van der Waals surface area (Å²) >= 11 is 0. The van der Waals surface area contributed by atoms with Crippen molar-refractivity contribution in [2.45, 2.75) is 62.6 Å². The van der Waals surface area contributed by atoms with Crippen LogP contribution in [0.1, 0.15) is 38.2 Å². The summed E-state index contributed by atoms with van der Waals surface area (Å²) in [5.41, 5.74) is 0.510. The van der Waals surface area contributed by atoms with E-state index in [-0.39, 0.29) is 40.6 Å². The van der Waals surface area contributed by atoms with Gasteiger partial charge in [0.1, 0.15) is 12.4 Å². The maximum atomic E-state index is 14.4. The molecule has 0 N–H and O–H groups in total. The van der Waals surface area contributed by atoms with Gasteiger partial charge in [-0.05, 0) is 38.0 Å². The van der Waals surface area contributed by atoms with Crippen molar-refractivity contribution in [2.75, 3.05) is 6.26 Å². The molecule has 3 heterocycles. The molecule has 0 radical (unpaired) electrons. The van der Waals surface area contributed by atoms with E-state index >= 15 is 0 Å². The highest BCUT2D eigenvalue weighted by Crippen LogP contribution is 2.38. The lowest BCUT2D eigenvalue weighted by Crippen LogP contribution is -2.48. The van der Waals surface area contributed by atoms with E-state index in [4.69, 9.17) is 9.47 Å². The van der Waals surface area contributed by atoms with Crippen molar-refractivity contribution in [1.29, 1.82) is 0 Å². The zero-order valence-corrected chi connectivity index (χ0v) is 18.4. The Morgan fingerprint density at radius 1 is 1.16 bits per heavy atom. The number of carbonyl (C=O) groups excluding carboxylic acids is 1. The second-order valence-corrected chi connectivity index (χ2v) is 10.1. The fraction of sp³-hybridized carbons (Fsp3) is 0.476. The van der Waals surface area contributed by atoms with Gasteiger partial charge >= 0.3 is 0 Å². The molecule has 0 spiro atoms. The summed E-state index contributed by atoms with van der Waals surface area (Å²) in [4.78, 5) is 22.0. The molecule has 1 aromatic carbocycles. The number of hydrogen-bond donors (Lipinski definition) is 0.